The quantitative estimate of drug-likeness (QED) is 0.895. The van der Waals surface area contributed by atoms with E-state index in [1.165, 1.54) is 12.0 Å². The van der Waals surface area contributed by atoms with Crippen LogP contribution in [0.15, 0.2) is 36.4 Å². The fourth-order valence-electron chi connectivity index (χ4n) is 5.05. The minimum absolute atomic E-state index is 0.204. The van der Waals surface area contributed by atoms with E-state index >= 15 is 0 Å². The summed E-state index contributed by atoms with van der Waals surface area (Å²) in [7, 11) is 0. The van der Waals surface area contributed by atoms with Crippen molar-refractivity contribution in [1.82, 2.24) is 14.8 Å². The van der Waals surface area contributed by atoms with E-state index in [1.807, 2.05) is 6.07 Å². The molecule has 2 saturated heterocycles. The molecule has 0 radical (unpaired) electrons. The zero-order chi connectivity index (χ0) is 19.0. The smallest absolute Gasteiger partial charge is 0.255 e. The van der Waals surface area contributed by atoms with Gasteiger partial charge in [-0.25, -0.2) is 0 Å². The van der Waals surface area contributed by atoms with Crippen molar-refractivity contribution >= 4 is 5.91 Å². The Hall–Kier alpha value is -2.07. The summed E-state index contributed by atoms with van der Waals surface area (Å²) in [4.78, 5) is 15.3. The van der Waals surface area contributed by atoms with E-state index < -0.39 is 0 Å². The summed E-state index contributed by atoms with van der Waals surface area (Å²) in [5.74, 6) is 0.204. The fraction of sp³-hybridized carbons (Fsp3) is 0.522. The molecule has 1 N–H and O–H groups in total. The maximum atomic E-state index is 13.2. The molecule has 0 bridgehead atoms. The molecule has 3 heterocycles. The van der Waals surface area contributed by atoms with E-state index in [-0.39, 0.29) is 11.9 Å². The number of amides is 1. The van der Waals surface area contributed by atoms with Gasteiger partial charge in [0.2, 0.25) is 0 Å². The van der Waals surface area contributed by atoms with E-state index in [9.17, 15) is 4.79 Å². The molecular formula is C23H31N3O. The van der Waals surface area contributed by atoms with Crippen LogP contribution < -0.4 is 5.32 Å². The predicted molar refractivity (Wildman–Crippen MR) is 109 cm³/mol. The largest absolute Gasteiger partial charge is 0.341 e. The minimum atomic E-state index is 0.204. The van der Waals surface area contributed by atoms with Gasteiger partial charge in [-0.3, -0.25) is 4.79 Å². The lowest BCUT2D eigenvalue weighted by molar-refractivity contribution is 0.0607. The van der Waals surface area contributed by atoms with Crippen LogP contribution in [0.3, 0.4) is 0 Å². The van der Waals surface area contributed by atoms with Crippen LogP contribution in [-0.2, 0) is 0 Å². The van der Waals surface area contributed by atoms with Crippen molar-refractivity contribution in [2.45, 2.75) is 46.1 Å². The van der Waals surface area contributed by atoms with Gasteiger partial charge in [0.05, 0.1) is 11.6 Å². The SMILES string of the molecule is Cc1cc(C(=O)N2CCC3(CCNC3)CC2)c(C)n1C(C)c1ccccc1. The van der Waals surface area contributed by atoms with Crippen molar-refractivity contribution < 1.29 is 4.79 Å². The Morgan fingerprint density at radius 1 is 1.11 bits per heavy atom. The first-order valence-corrected chi connectivity index (χ1v) is 10.2. The Kier molecular flexibility index (Phi) is 4.85. The molecule has 144 valence electrons. The Morgan fingerprint density at radius 2 is 1.81 bits per heavy atom. The highest BCUT2D eigenvalue weighted by Crippen LogP contribution is 2.37. The van der Waals surface area contributed by atoms with Gasteiger partial charge in [-0.1, -0.05) is 30.3 Å². The number of hydrogen-bond acceptors (Lipinski definition) is 2. The van der Waals surface area contributed by atoms with Gasteiger partial charge < -0.3 is 14.8 Å². The molecule has 1 amide bonds. The molecule has 4 rings (SSSR count). The third kappa shape index (κ3) is 3.31. The normalized spacial score (nSPS) is 20.2. The monoisotopic (exact) mass is 365 g/mol. The Morgan fingerprint density at radius 3 is 2.44 bits per heavy atom. The molecule has 1 unspecified atom stereocenters. The Bertz CT molecular complexity index is 808. The zero-order valence-electron chi connectivity index (χ0n) is 16.8. The summed E-state index contributed by atoms with van der Waals surface area (Å²) < 4.78 is 2.30. The van der Waals surface area contributed by atoms with Crippen LogP contribution in [0.25, 0.3) is 0 Å². The lowest BCUT2D eigenvalue weighted by Crippen LogP contribution is -2.44. The van der Waals surface area contributed by atoms with Gasteiger partial charge in [-0.2, -0.15) is 0 Å². The molecule has 1 atom stereocenters. The topological polar surface area (TPSA) is 37.3 Å². The zero-order valence-corrected chi connectivity index (χ0v) is 16.8. The van der Waals surface area contributed by atoms with E-state index in [1.54, 1.807) is 0 Å². The average molecular weight is 366 g/mol. The van der Waals surface area contributed by atoms with Gasteiger partial charge in [0.1, 0.15) is 0 Å². The third-order valence-corrected chi connectivity index (χ3v) is 6.83. The van der Waals surface area contributed by atoms with Gasteiger partial charge >= 0.3 is 0 Å². The van der Waals surface area contributed by atoms with E-state index in [0.717, 1.165) is 56.0 Å². The van der Waals surface area contributed by atoms with E-state index in [2.05, 4.69) is 65.9 Å². The van der Waals surface area contributed by atoms with Crippen LogP contribution in [0.5, 0.6) is 0 Å². The second kappa shape index (κ2) is 7.16. The number of carbonyl (C=O) groups excluding carboxylic acids is 1. The standard InChI is InChI=1S/C23H31N3O/c1-17-15-21(19(3)26(17)18(2)20-7-5-4-6-8-20)22(27)25-13-10-23(11-14-25)9-12-24-16-23/h4-8,15,18,24H,9-14,16H2,1-3H3. The third-order valence-electron chi connectivity index (χ3n) is 6.83. The molecule has 4 heteroatoms. The number of carbonyl (C=O) groups is 1. The van der Waals surface area contributed by atoms with Crippen LogP contribution in [0.1, 0.15) is 59.5 Å². The number of piperidine rings is 1. The van der Waals surface area contributed by atoms with Crippen molar-refractivity contribution in [3.8, 4) is 0 Å². The highest BCUT2D eigenvalue weighted by molar-refractivity contribution is 5.95. The van der Waals surface area contributed by atoms with Crippen molar-refractivity contribution in [3.05, 3.63) is 58.9 Å². The molecule has 27 heavy (non-hydrogen) atoms. The number of benzene rings is 1. The lowest BCUT2D eigenvalue weighted by atomic mass is 9.78. The number of nitrogens with one attached hydrogen (secondary N) is 1. The van der Waals surface area contributed by atoms with Crippen molar-refractivity contribution in [2.75, 3.05) is 26.2 Å². The van der Waals surface area contributed by atoms with Crippen molar-refractivity contribution in [2.24, 2.45) is 5.41 Å². The molecule has 2 aromatic rings. The van der Waals surface area contributed by atoms with Crippen molar-refractivity contribution in [3.63, 3.8) is 0 Å². The first-order chi connectivity index (χ1) is 13.0. The maximum absolute atomic E-state index is 13.2. The molecular weight excluding hydrogens is 334 g/mol. The molecule has 1 aromatic carbocycles. The number of hydrogen-bond donors (Lipinski definition) is 1. The predicted octanol–water partition coefficient (Wildman–Crippen LogP) is 3.93. The molecule has 2 aliphatic heterocycles. The van der Waals surface area contributed by atoms with Crippen LogP contribution in [0.2, 0.25) is 0 Å². The lowest BCUT2D eigenvalue weighted by Gasteiger charge is -2.38. The molecule has 1 spiro atoms. The van der Waals surface area contributed by atoms with E-state index in [0.29, 0.717) is 5.41 Å². The summed E-state index contributed by atoms with van der Waals surface area (Å²) >= 11 is 0. The number of aromatic nitrogens is 1. The van der Waals surface area contributed by atoms with Gasteiger partial charge in [-0.05, 0) is 63.6 Å². The fourth-order valence-corrected chi connectivity index (χ4v) is 5.05. The van der Waals surface area contributed by atoms with Gasteiger partial charge in [0.25, 0.3) is 5.91 Å². The van der Waals surface area contributed by atoms with Crippen LogP contribution in [0.4, 0.5) is 0 Å². The molecule has 0 aliphatic carbocycles. The summed E-state index contributed by atoms with van der Waals surface area (Å²) in [6.45, 7) is 10.4. The molecule has 2 fully saturated rings. The molecule has 2 aliphatic rings. The van der Waals surface area contributed by atoms with Gasteiger partial charge in [0, 0.05) is 31.0 Å². The van der Waals surface area contributed by atoms with E-state index in [4.69, 9.17) is 0 Å². The van der Waals surface area contributed by atoms with Crippen LogP contribution in [-0.4, -0.2) is 41.6 Å². The first kappa shape index (κ1) is 18.3. The highest BCUT2D eigenvalue weighted by atomic mass is 16.2. The maximum Gasteiger partial charge on any atom is 0.255 e. The van der Waals surface area contributed by atoms with Crippen LogP contribution in [0, 0.1) is 19.3 Å². The first-order valence-electron chi connectivity index (χ1n) is 10.2. The van der Waals surface area contributed by atoms with Gasteiger partial charge in [-0.15, -0.1) is 0 Å². The number of likely N-dealkylation sites (tertiary alicyclic amines) is 1. The number of aryl methyl sites for hydroxylation is 1. The molecule has 1 aromatic heterocycles. The van der Waals surface area contributed by atoms with Gasteiger partial charge in [0.15, 0.2) is 0 Å². The summed E-state index contributed by atoms with van der Waals surface area (Å²) in [5, 5.41) is 3.50. The van der Waals surface area contributed by atoms with Crippen molar-refractivity contribution in [1.29, 1.82) is 0 Å². The average Bonchev–Trinajstić information content (AvgIpc) is 3.26. The Balaban J connectivity index is 1.53. The Labute approximate surface area is 162 Å². The molecule has 4 nitrogen and oxygen atoms in total. The summed E-state index contributed by atoms with van der Waals surface area (Å²) in [5.41, 5.74) is 4.82. The summed E-state index contributed by atoms with van der Waals surface area (Å²) in [6, 6.07) is 12.8. The summed E-state index contributed by atoms with van der Waals surface area (Å²) in [6.07, 6.45) is 3.52. The molecule has 0 saturated carbocycles. The van der Waals surface area contributed by atoms with Crippen LogP contribution >= 0.6 is 0 Å². The highest BCUT2D eigenvalue weighted by Gasteiger charge is 2.38. The second-order valence-corrected chi connectivity index (χ2v) is 8.46. The number of nitrogens with zero attached hydrogens (tertiary/aromatic N) is 2. The minimum Gasteiger partial charge on any atom is -0.341 e. The second-order valence-electron chi connectivity index (χ2n) is 8.46. The number of rotatable bonds is 3.